The number of imide groups is 1. The monoisotopic (exact) mass is 355 g/mol. The molecule has 1 fully saturated rings. The van der Waals surface area contributed by atoms with E-state index < -0.39 is 0 Å². The molecule has 0 radical (unpaired) electrons. The third-order valence-corrected chi connectivity index (χ3v) is 4.52. The Bertz CT molecular complexity index is 797. The van der Waals surface area contributed by atoms with Gasteiger partial charge in [0.1, 0.15) is 5.75 Å². The standard InChI is InChI=1S/C20H18ClNO3/c1-25-18-9-2-14(3-10-18)4-11-19(23)22-13-16(12-20(22)24)15-5-7-17(21)8-6-15/h2-11,16H,12-13H2,1H3/b11-4+. The highest BCUT2D eigenvalue weighted by Crippen LogP contribution is 2.29. The predicted molar refractivity (Wildman–Crippen MR) is 97.6 cm³/mol. The molecule has 1 aliphatic rings. The molecule has 1 atom stereocenters. The first-order chi connectivity index (χ1) is 12.1. The number of carbonyl (C=O) groups excluding carboxylic acids is 2. The van der Waals surface area contributed by atoms with Crippen LogP contribution in [0.15, 0.2) is 54.6 Å². The van der Waals surface area contributed by atoms with Crippen LogP contribution in [0.2, 0.25) is 5.02 Å². The molecule has 2 amide bonds. The maximum atomic E-state index is 12.4. The van der Waals surface area contributed by atoms with Crippen molar-refractivity contribution < 1.29 is 14.3 Å². The molecule has 25 heavy (non-hydrogen) atoms. The quantitative estimate of drug-likeness (QED) is 0.781. The number of likely N-dealkylation sites (tertiary alicyclic amines) is 1. The van der Waals surface area contributed by atoms with Crippen LogP contribution in [0.3, 0.4) is 0 Å². The van der Waals surface area contributed by atoms with Crippen molar-refractivity contribution in [2.24, 2.45) is 0 Å². The second kappa shape index (κ2) is 7.53. The summed E-state index contributed by atoms with van der Waals surface area (Å²) in [5, 5.41) is 0.656. The Morgan fingerprint density at radius 3 is 2.48 bits per heavy atom. The largest absolute Gasteiger partial charge is 0.497 e. The van der Waals surface area contributed by atoms with Crippen LogP contribution in [0.5, 0.6) is 5.75 Å². The van der Waals surface area contributed by atoms with Crippen molar-refractivity contribution in [1.29, 1.82) is 0 Å². The molecule has 1 saturated heterocycles. The first kappa shape index (κ1) is 17.2. The highest BCUT2D eigenvalue weighted by atomic mass is 35.5. The number of benzene rings is 2. The van der Waals surface area contributed by atoms with Crippen LogP contribution in [0.1, 0.15) is 23.5 Å². The molecule has 4 nitrogen and oxygen atoms in total. The summed E-state index contributed by atoms with van der Waals surface area (Å²) in [6.07, 6.45) is 3.47. The average Bonchev–Trinajstić information content (AvgIpc) is 3.02. The predicted octanol–water partition coefficient (Wildman–Crippen LogP) is 3.90. The minimum Gasteiger partial charge on any atom is -0.497 e. The smallest absolute Gasteiger partial charge is 0.253 e. The van der Waals surface area contributed by atoms with E-state index in [1.165, 1.54) is 11.0 Å². The van der Waals surface area contributed by atoms with Gasteiger partial charge in [-0.1, -0.05) is 35.9 Å². The highest BCUT2D eigenvalue weighted by molar-refractivity contribution is 6.30. The molecule has 1 aliphatic heterocycles. The number of rotatable bonds is 4. The van der Waals surface area contributed by atoms with E-state index in [-0.39, 0.29) is 17.7 Å². The van der Waals surface area contributed by atoms with Gasteiger partial charge in [0, 0.05) is 30.0 Å². The Hall–Kier alpha value is -2.59. The van der Waals surface area contributed by atoms with Gasteiger partial charge < -0.3 is 4.74 Å². The van der Waals surface area contributed by atoms with Crippen LogP contribution < -0.4 is 4.74 Å². The van der Waals surface area contributed by atoms with Gasteiger partial charge in [-0.2, -0.15) is 0 Å². The van der Waals surface area contributed by atoms with Crippen LogP contribution >= 0.6 is 11.6 Å². The second-order valence-electron chi connectivity index (χ2n) is 5.90. The van der Waals surface area contributed by atoms with Crippen molar-refractivity contribution in [2.75, 3.05) is 13.7 Å². The lowest BCUT2D eigenvalue weighted by Gasteiger charge is -2.13. The lowest BCUT2D eigenvalue weighted by atomic mass is 9.98. The Labute approximate surface area is 151 Å². The van der Waals surface area contributed by atoms with E-state index in [1.807, 2.05) is 36.4 Å². The molecule has 1 heterocycles. The first-order valence-corrected chi connectivity index (χ1v) is 8.36. The van der Waals surface area contributed by atoms with Gasteiger partial charge in [-0.25, -0.2) is 0 Å². The minimum atomic E-state index is -0.294. The van der Waals surface area contributed by atoms with E-state index in [4.69, 9.17) is 16.3 Å². The fourth-order valence-electron chi connectivity index (χ4n) is 2.85. The summed E-state index contributed by atoms with van der Waals surface area (Å²) in [6.45, 7) is 0.395. The third kappa shape index (κ3) is 4.09. The molecule has 128 valence electrons. The van der Waals surface area contributed by atoms with E-state index in [9.17, 15) is 9.59 Å². The van der Waals surface area contributed by atoms with Crippen molar-refractivity contribution in [3.63, 3.8) is 0 Å². The van der Waals surface area contributed by atoms with Gasteiger partial charge in [0.15, 0.2) is 0 Å². The highest BCUT2D eigenvalue weighted by Gasteiger charge is 2.33. The van der Waals surface area contributed by atoms with Crippen LogP contribution in [0.25, 0.3) is 6.08 Å². The van der Waals surface area contributed by atoms with Crippen molar-refractivity contribution in [3.05, 3.63) is 70.8 Å². The van der Waals surface area contributed by atoms with E-state index in [2.05, 4.69) is 0 Å². The molecule has 5 heteroatoms. The zero-order valence-electron chi connectivity index (χ0n) is 13.8. The number of ether oxygens (including phenoxy) is 1. The Morgan fingerprint density at radius 1 is 1.16 bits per heavy atom. The molecule has 3 rings (SSSR count). The SMILES string of the molecule is COc1ccc(/C=C/C(=O)N2CC(c3ccc(Cl)cc3)CC2=O)cc1. The number of nitrogens with zero attached hydrogens (tertiary/aromatic N) is 1. The Balaban J connectivity index is 1.66. The van der Waals surface area contributed by atoms with E-state index in [1.54, 1.807) is 25.3 Å². The first-order valence-electron chi connectivity index (χ1n) is 7.99. The summed E-state index contributed by atoms with van der Waals surface area (Å²) in [5.74, 6) is 0.328. The minimum absolute atomic E-state index is 0.0168. The van der Waals surface area contributed by atoms with E-state index in [0.717, 1.165) is 16.9 Å². The maximum absolute atomic E-state index is 12.4. The molecule has 0 aromatic heterocycles. The summed E-state index contributed by atoms with van der Waals surface area (Å²) in [4.78, 5) is 25.9. The molecule has 1 unspecified atom stereocenters. The fraction of sp³-hybridized carbons (Fsp3) is 0.200. The van der Waals surface area contributed by atoms with Gasteiger partial charge in [-0.05, 0) is 41.5 Å². The number of amides is 2. The summed E-state index contributed by atoms with van der Waals surface area (Å²) >= 11 is 5.90. The van der Waals surface area contributed by atoms with Gasteiger partial charge in [0.25, 0.3) is 5.91 Å². The summed E-state index contributed by atoms with van der Waals surface area (Å²) in [6, 6.07) is 14.8. The molecule has 0 N–H and O–H groups in total. The van der Waals surface area contributed by atoms with E-state index in [0.29, 0.717) is 18.0 Å². The fourth-order valence-corrected chi connectivity index (χ4v) is 2.98. The molecule has 2 aromatic carbocycles. The summed E-state index contributed by atoms with van der Waals surface area (Å²) < 4.78 is 5.10. The van der Waals surface area contributed by atoms with Gasteiger partial charge in [-0.3, -0.25) is 14.5 Å². The lowest BCUT2D eigenvalue weighted by Crippen LogP contribution is -2.30. The van der Waals surface area contributed by atoms with Crippen molar-refractivity contribution >= 4 is 29.5 Å². The molecule has 2 aromatic rings. The van der Waals surface area contributed by atoms with Crippen molar-refractivity contribution in [2.45, 2.75) is 12.3 Å². The molecule has 0 aliphatic carbocycles. The Kier molecular flexibility index (Phi) is 5.19. The summed E-state index contributed by atoms with van der Waals surface area (Å²) in [7, 11) is 1.60. The van der Waals surface area contributed by atoms with Crippen LogP contribution in [0, 0.1) is 0 Å². The van der Waals surface area contributed by atoms with Crippen molar-refractivity contribution in [1.82, 2.24) is 4.90 Å². The van der Waals surface area contributed by atoms with E-state index >= 15 is 0 Å². The zero-order chi connectivity index (χ0) is 17.8. The normalized spacial score (nSPS) is 17.3. The molecule has 0 bridgehead atoms. The van der Waals surface area contributed by atoms with Gasteiger partial charge >= 0.3 is 0 Å². The molecular weight excluding hydrogens is 338 g/mol. The van der Waals surface area contributed by atoms with Crippen LogP contribution in [-0.4, -0.2) is 30.4 Å². The second-order valence-corrected chi connectivity index (χ2v) is 6.34. The topological polar surface area (TPSA) is 46.6 Å². The van der Waals surface area contributed by atoms with Gasteiger partial charge in [-0.15, -0.1) is 0 Å². The Morgan fingerprint density at radius 2 is 1.84 bits per heavy atom. The number of methoxy groups -OCH3 is 1. The molecule has 0 spiro atoms. The maximum Gasteiger partial charge on any atom is 0.253 e. The van der Waals surface area contributed by atoms with Crippen LogP contribution in [0.4, 0.5) is 0 Å². The average molecular weight is 356 g/mol. The number of carbonyl (C=O) groups is 2. The lowest BCUT2D eigenvalue weighted by molar-refractivity contribution is -0.138. The number of hydrogen-bond acceptors (Lipinski definition) is 3. The van der Waals surface area contributed by atoms with Gasteiger partial charge in [0.2, 0.25) is 5.91 Å². The zero-order valence-corrected chi connectivity index (χ0v) is 14.6. The number of hydrogen-bond donors (Lipinski definition) is 0. The number of halogens is 1. The van der Waals surface area contributed by atoms with Crippen molar-refractivity contribution in [3.8, 4) is 5.75 Å². The van der Waals surface area contributed by atoms with Crippen LogP contribution in [-0.2, 0) is 9.59 Å². The molecule has 0 saturated carbocycles. The van der Waals surface area contributed by atoms with Gasteiger partial charge in [0.05, 0.1) is 7.11 Å². The third-order valence-electron chi connectivity index (χ3n) is 4.27. The molecular formula is C20H18ClNO3. The summed E-state index contributed by atoms with van der Waals surface area (Å²) in [5.41, 5.74) is 1.89.